The van der Waals surface area contributed by atoms with Gasteiger partial charge in [-0.25, -0.2) is 0 Å². The number of esters is 1. The Morgan fingerprint density at radius 2 is 1.82 bits per heavy atom. The molecule has 0 heterocycles. The zero-order valence-corrected chi connectivity index (χ0v) is 11.4. The lowest BCUT2D eigenvalue weighted by Crippen LogP contribution is -2.09. The van der Waals surface area contributed by atoms with Crippen LogP contribution >= 0.6 is 0 Å². The van der Waals surface area contributed by atoms with Crippen LogP contribution in [0, 0.1) is 0 Å². The maximum Gasteiger partial charge on any atom is 0.302 e. The van der Waals surface area contributed by atoms with Crippen molar-refractivity contribution < 1.29 is 11.0 Å². The first-order chi connectivity index (χ1) is 8.08. The van der Waals surface area contributed by atoms with Gasteiger partial charge < -0.3 is 10.1 Å². The van der Waals surface area contributed by atoms with E-state index in [1.807, 2.05) is 38.1 Å². The second-order valence-corrected chi connectivity index (χ2v) is 3.78. The molecule has 3 heteroatoms. The van der Waals surface area contributed by atoms with Crippen molar-refractivity contribution in [3.8, 4) is 0 Å². The van der Waals surface area contributed by atoms with Crippen LogP contribution < -0.4 is 5.32 Å². The van der Waals surface area contributed by atoms with Crippen LogP contribution in [0.4, 0.5) is 5.69 Å². The number of benzene rings is 1. The van der Waals surface area contributed by atoms with Crippen molar-refractivity contribution in [2.45, 2.75) is 47.3 Å². The Labute approximate surface area is 106 Å². The minimum Gasteiger partial charge on any atom is -0.461 e. The van der Waals surface area contributed by atoms with Gasteiger partial charge >= 0.3 is 5.97 Å². The third-order valence-electron chi connectivity index (χ3n) is 1.85. The van der Waals surface area contributed by atoms with E-state index in [9.17, 15) is 4.79 Å². The third-order valence-corrected chi connectivity index (χ3v) is 1.85. The molecule has 0 fully saturated rings. The van der Waals surface area contributed by atoms with Gasteiger partial charge in [0, 0.05) is 20.1 Å². The lowest BCUT2D eigenvalue weighted by Gasteiger charge is -2.10. The normalized spacial score (nSPS) is 9.29. The fourth-order valence-corrected chi connectivity index (χ4v) is 1.22. The summed E-state index contributed by atoms with van der Waals surface area (Å²) in [5, 5.41) is 3.29. The van der Waals surface area contributed by atoms with E-state index in [-0.39, 0.29) is 7.40 Å². The summed E-state index contributed by atoms with van der Waals surface area (Å²) in [5.74, 6) is -0.251. The number of nitrogens with one attached hydrogen (secondary N) is 1. The van der Waals surface area contributed by atoms with Crippen LogP contribution in [0.3, 0.4) is 0 Å². The number of carbonyl (C=O) groups is 1. The van der Waals surface area contributed by atoms with E-state index in [1.54, 1.807) is 0 Å². The molecule has 0 radical (unpaired) electrons. The molecule has 0 unspecified atom stereocenters. The van der Waals surface area contributed by atoms with Gasteiger partial charge in [-0.1, -0.05) is 26.0 Å². The summed E-state index contributed by atoms with van der Waals surface area (Å²) < 4.78 is 4.89. The molecule has 0 bridgehead atoms. The predicted molar refractivity (Wildman–Crippen MR) is 74.1 cm³/mol. The van der Waals surface area contributed by atoms with E-state index in [2.05, 4.69) is 19.2 Å². The van der Waals surface area contributed by atoms with Gasteiger partial charge in [0.15, 0.2) is 0 Å². The summed E-state index contributed by atoms with van der Waals surface area (Å²) in [6.07, 6.45) is 0. The Hall–Kier alpha value is -1.51. The summed E-state index contributed by atoms with van der Waals surface area (Å²) in [5.41, 5.74) is 2.08. The Morgan fingerprint density at radius 3 is 2.24 bits per heavy atom. The molecule has 3 nitrogen and oxygen atoms in total. The number of anilines is 1. The van der Waals surface area contributed by atoms with Gasteiger partial charge in [0.25, 0.3) is 0 Å². The molecule has 0 amide bonds. The molecule has 0 atom stereocenters. The molecule has 17 heavy (non-hydrogen) atoms. The summed E-state index contributed by atoms with van der Waals surface area (Å²) in [6.45, 7) is 9.94. The van der Waals surface area contributed by atoms with E-state index in [1.165, 1.54) is 6.92 Å². The highest BCUT2D eigenvalue weighted by molar-refractivity contribution is 5.65. The average molecular weight is 239 g/mol. The van der Waals surface area contributed by atoms with Crippen LogP contribution in [0.2, 0.25) is 0 Å². The second-order valence-electron chi connectivity index (χ2n) is 3.78. The molecule has 1 rings (SSSR count). The molecule has 1 aromatic rings. The third kappa shape index (κ3) is 7.39. The van der Waals surface area contributed by atoms with E-state index in [0.29, 0.717) is 12.6 Å². The van der Waals surface area contributed by atoms with Crippen LogP contribution in [0.15, 0.2) is 24.3 Å². The topological polar surface area (TPSA) is 38.3 Å². The molecule has 0 spiro atoms. The Balaban J connectivity index is 0. The fraction of sp³-hybridized carbons (Fsp3) is 0.500. The van der Waals surface area contributed by atoms with Gasteiger partial charge in [-0.05, 0) is 31.5 Å². The first-order valence-corrected chi connectivity index (χ1v) is 6.07. The molecule has 0 aromatic heterocycles. The van der Waals surface area contributed by atoms with E-state index < -0.39 is 0 Å². The lowest BCUT2D eigenvalue weighted by atomic mass is 10.2. The fourth-order valence-electron chi connectivity index (χ4n) is 1.22. The highest BCUT2D eigenvalue weighted by Gasteiger charge is 1.98. The number of rotatable bonds is 4. The van der Waals surface area contributed by atoms with E-state index in [0.717, 1.165) is 11.3 Å². The summed E-state index contributed by atoms with van der Waals surface area (Å²) in [6, 6.07) is 8.29. The molecule has 0 saturated carbocycles. The molecule has 0 aliphatic heterocycles. The van der Waals surface area contributed by atoms with Crippen molar-refractivity contribution in [3.05, 3.63) is 29.8 Å². The van der Waals surface area contributed by atoms with Crippen LogP contribution in [0.25, 0.3) is 0 Å². The minimum absolute atomic E-state index is 0. The maximum absolute atomic E-state index is 10.6. The SMILES string of the molecule is CC.CC(=O)OCc1ccc(NC(C)C)cc1.[HH]. The van der Waals surface area contributed by atoms with Gasteiger partial charge in [0.2, 0.25) is 0 Å². The minimum atomic E-state index is -0.251. The average Bonchev–Trinajstić information content (AvgIpc) is 2.30. The largest absolute Gasteiger partial charge is 0.461 e. The predicted octanol–water partition coefficient (Wildman–Crippen LogP) is 3.84. The molecule has 1 N–H and O–H groups in total. The van der Waals surface area contributed by atoms with Crippen LogP contribution in [-0.4, -0.2) is 12.0 Å². The van der Waals surface area contributed by atoms with Crippen molar-refractivity contribution in [1.82, 2.24) is 0 Å². The highest BCUT2D eigenvalue weighted by atomic mass is 16.5. The van der Waals surface area contributed by atoms with Gasteiger partial charge in [0.05, 0.1) is 0 Å². The Bertz CT molecular complexity index is 323. The molecule has 0 aliphatic rings. The molecule has 0 aliphatic carbocycles. The van der Waals surface area contributed by atoms with E-state index >= 15 is 0 Å². The zero-order valence-electron chi connectivity index (χ0n) is 11.4. The van der Waals surface area contributed by atoms with Crippen LogP contribution in [0.5, 0.6) is 0 Å². The monoisotopic (exact) mass is 239 g/mol. The van der Waals surface area contributed by atoms with Gasteiger partial charge in [-0.3, -0.25) is 4.79 Å². The van der Waals surface area contributed by atoms with Crippen molar-refractivity contribution >= 4 is 11.7 Å². The van der Waals surface area contributed by atoms with Crippen molar-refractivity contribution in [2.24, 2.45) is 0 Å². The second kappa shape index (κ2) is 8.62. The Kier molecular flexibility index (Phi) is 7.85. The number of ether oxygens (including phenoxy) is 1. The Morgan fingerprint density at radius 1 is 1.29 bits per heavy atom. The molecule has 0 saturated heterocycles. The van der Waals surface area contributed by atoms with Crippen LogP contribution in [0.1, 0.15) is 41.6 Å². The van der Waals surface area contributed by atoms with Crippen molar-refractivity contribution in [1.29, 1.82) is 0 Å². The number of hydrogen-bond donors (Lipinski definition) is 1. The smallest absolute Gasteiger partial charge is 0.302 e. The summed E-state index contributed by atoms with van der Waals surface area (Å²) in [7, 11) is 0. The molecule has 98 valence electrons. The zero-order chi connectivity index (χ0) is 13.3. The van der Waals surface area contributed by atoms with Crippen LogP contribution in [-0.2, 0) is 16.1 Å². The van der Waals surface area contributed by atoms with Gasteiger partial charge in [-0.15, -0.1) is 0 Å². The van der Waals surface area contributed by atoms with Gasteiger partial charge in [-0.2, -0.15) is 0 Å². The standard InChI is InChI=1S/C12H17NO2.C2H6.H2/c1-9(2)13-12-6-4-11(5-7-12)8-15-10(3)14;1-2;/h4-7,9,13H,8H2,1-3H3;1-2H3;1H. The first-order valence-electron chi connectivity index (χ1n) is 6.07. The highest BCUT2D eigenvalue weighted by Crippen LogP contribution is 2.11. The quantitative estimate of drug-likeness (QED) is 0.811. The molecular weight excluding hydrogens is 214 g/mol. The molecular formula is C14H25NO2. The molecule has 1 aromatic carbocycles. The van der Waals surface area contributed by atoms with E-state index in [4.69, 9.17) is 4.74 Å². The first kappa shape index (κ1) is 15.5. The number of carbonyl (C=O) groups excluding carboxylic acids is 1. The number of hydrogen-bond acceptors (Lipinski definition) is 3. The van der Waals surface area contributed by atoms with Crippen molar-refractivity contribution in [3.63, 3.8) is 0 Å². The van der Waals surface area contributed by atoms with Gasteiger partial charge in [0.1, 0.15) is 6.61 Å². The van der Waals surface area contributed by atoms with Crippen molar-refractivity contribution in [2.75, 3.05) is 5.32 Å². The summed E-state index contributed by atoms with van der Waals surface area (Å²) in [4.78, 5) is 10.6. The summed E-state index contributed by atoms with van der Waals surface area (Å²) >= 11 is 0. The lowest BCUT2D eigenvalue weighted by molar-refractivity contribution is -0.142. The maximum atomic E-state index is 10.6.